The highest BCUT2D eigenvalue weighted by molar-refractivity contribution is 9.10. The van der Waals surface area contributed by atoms with Crippen LogP contribution in [0.15, 0.2) is 22.7 Å². The molecule has 1 atom stereocenters. The van der Waals surface area contributed by atoms with Gasteiger partial charge in [0, 0.05) is 4.47 Å². The van der Waals surface area contributed by atoms with E-state index in [1.807, 2.05) is 12.1 Å². The van der Waals surface area contributed by atoms with E-state index in [2.05, 4.69) is 22.0 Å². The number of halogens is 1. The second-order valence-electron chi connectivity index (χ2n) is 3.46. The second-order valence-corrected chi connectivity index (χ2v) is 4.37. The zero-order valence-corrected chi connectivity index (χ0v) is 9.50. The largest absolute Gasteiger partial charge is 0.469 e. The van der Waals surface area contributed by atoms with Crippen molar-refractivity contribution in [3.8, 4) is 0 Å². The summed E-state index contributed by atoms with van der Waals surface area (Å²) < 4.78 is 5.80. The predicted octanol–water partition coefficient (Wildman–Crippen LogP) is 2.65. The topological polar surface area (TPSA) is 26.3 Å². The van der Waals surface area contributed by atoms with Gasteiger partial charge in [0.1, 0.15) is 0 Å². The summed E-state index contributed by atoms with van der Waals surface area (Å²) in [5, 5.41) is 0. The van der Waals surface area contributed by atoms with Gasteiger partial charge in [-0.1, -0.05) is 22.0 Å². The van der Waals surface area contributed by atoms with E-state index >= 15 is 0 Å². The van der Waals surface area contributed by atoms with Gasteiger partial charge in [-0.15, -0.1) is 0 Å². The van der Waals surface area contributed by atoms with Gasteiger partial charge in [0.25, 0.3) is 0 Å². The van der Waals surface area contributed by atoms with Crippen molar-refractivity contribution in [3.05, 3.63) is 33.8 Å². The lowest BCUT2D eigenvalue weighted by atomic mass is 10.0. The van der Waals surface area contributed by atoms with Gasteiger partial charge < -0.3 is 4.74 Å². The number of benzene rings is 1. The fraction of sp³-hybridized carbons (Fsp3) is 0.364. The summed E-state index contributed by atoms with van der Waals surface area (Å²) in [6.45, 7) is 0. The van der Waals surface area contributed by atoms with Crippen molar-refractivity contribution in [1.29, 1.82) is 0 Å². The zero-order chi connectivity index (χ0) is 10.1. The number of ether oxygens (including phenoxy) is 1. The standard InChI is InChI=1S/C11H11BrO2/c1-14-11(13)9-5-3-7-2-4-8(12)6-10(7)9/h2,4,6,9H,3,5H2,1H3/t9-/m0/s1. The van der Waals surface area contributed by atoms with Crippen LogP contribution >= 0.6 is 15.9 Å². The smallest absolute Gasteiger partial charge is 0.313 e. The predicted molar refractivity (Wildman–Crippen MR) is 57.2 cm³/mol. The van der Waals surface area contributed by atoms with Crippen molar-refractivity contribution in [3.63, 3.8) is 0 Å². The van der Waals surface area contributed by atoms with E-state index in [0.717, 1.165) is 22.9 Å². The molecule has 0 fully saturated rings. The van der Waals surface area contributed by atoms with E-state index in [1.54, 1.807) is 0 Å². The molecule has 0 aromatic heterocycles. The number of aryl methyl sites for hydroxylation is 1. The molecule has 0 radical (unpaired) electrons. The van der Waals surface area contributed by atoms with E-state index in [0.29, 0.717) is 0 Å². The van der Waals surface area contributed by atoms with Gasteiger partial charge in [-0.25, -0.2) is 0 Å². The Balaban J connectivity index is 2.38. The van der Waals surface area contributed by atoms with Gasteiger partial charge in [-0.2, -0.15) is 0 Å². The monoisotopic (exact) mass is 254 g/mol. The third kappa shape index (κ3) is 1.57. The van der Waals surface area contributed by atoms with Gasteiger partial charge >= 0.3 is 5.97 Å². The lowest BCUT2D eigenvalue weighted by Crippen LogP contribution is -2.11. The molecular formula is C11H11BrO2. The molecule has 1 aromatic carbocycles. The molecule has 2 rings (SSSR count). The molecule has 1 aromatic rings. The molecule has 1 aliphatic rings. The van der Waals surface area contributed by atoms with Crippen LogP contribution < -0.4 is 0 Å². The quantitative estimate of drug-likeness (QED) is 0.721. The fourth-order valence-electron chi connectivity index (χ4n) is 1.96. The minimum atomic E-state index is -0.123. The molecule has 0 bridgehead atoms. The van der Waals surface area contributed by atoms with E-state index in [9.17, 15) is 4.79 Å². The molecule has 74 valence electrons. The van der Waals surface area contributed by atoms with Crippen LogP contribution in [-0.4, -0.2) is 13.1 Å². The SMILES string of the molecule is COC(=O)[C@H]1CCc2ccc(Br)cc21. The maximum absolute atomic E-state index is 11.5. The lowest BCUT2D eigenvalue weighted by Gasteiger charge is -2.08. The van der Waals surface area contributed by atoms with Crippen molar-refractivity contribution in [2.45, 2.75) is 18.8 Å². The van der Waals surface area contributed by atoms with Crippen LogP contribution in [-0.2, 0) is 16.0 Å². The number of hydrogen-bond donors (Lipinski definition) is 0. The minimum Gasteiger partial charge on any atom is -0.469 e. The van der Waals surface area contributed by atoms with Crippen LogP contribution in [0.1, 0.15) is 23.5 Å². The van der Waals surface area contributed by atoms with Crippen LogP contribution in [0.5, 0.6) is 0 Å². The first-order chi connectivity index (χ1) is 6.72. The summed E-state index contributed by atoms with van der Waals surface area (Å²) in [6.07, 6.45) is 1.85. The lowest BCUT2D eigenvalue weighted by molar-refractivity contribution is -0.142. The first-order valence-electron chi connectivity index (χ1n) is 4.58. The van der Waals surface area contributed by atoms with E-state index in [4.69, 9.17) is 4.74 Å². The molecule has 2 nitrogen and oxygen atoms in total. The van der Waals surface area contributed by atoms with Crippen molar-refractivity contribution < 1.29 is 9.53 Å². The van der Waals surface area contributed by atoms with Crippen molar-refractivity contribution in [2.24, 2.45) is 0 Å². The molecule has 0 saturated carbocycles. The summed E-state index contributed by atoms with van der Waals surface area (Å²) in [6, 6.07) is 6.10. The highest BCUT2D eigenvalue weighted by Crippen LogP contribution is 2.35. The highest BCUT2D eigenvalue weighted by Gasteiger charge is 2.29. The molecule has 0 saturated heterocycles. The summed E-state index contributed by atoms with van der Waals surface area (Å²) in [5.74, 6) is -0.186. The number of hydrogen-bond acceptors (Lipinski definition) is 2. The zero-order valence-electron chi connectivity index (χ0n) is 7.92. The minimum absolute atomic E-state index is 0.0625. The Bertz CT molecular complexity index is 374. The normalized spacial score (nSPS) is 19.1. The number of carbonyl (C=O) groups excluding carboxylic acids is 1. The first kappa shape index (κ1) is 9.71. The molecule has 0 amide bonds. The van der Waals surface area contributed by atoms with Crippen molar-refractivity contribution in [2.75, 3.05) is 7.11 Å². The molecule has 0 N–H and O–H groups in total. The Kier molecular flexibility index (Phi) is 2.59. The van der Waals surface area contributed by atoms with Gasteiger partial charge in [0.05, 0.1) is 13.0 Å². The van der Waals surface area contributed by atoms with Crippen LogP contribution in [0.4, 0.5) is 0 Å². The van der Waals surface area contributed by atoms with E-state index < -0.39 is 0 Å². The van der Waals surface area contributed by atoms with Crippen LogP contribution in [0.3, 0.4) is 0 Å². The maximum Gasteiger partial charge on any atom is 0.313 e. The Labute approximate surface area is 91.4 Å². The molecule has 0 aliphatic heterocycles. The van der Waals surface area contributed by atoms with Gasteiger partial charge in [0.15, 0.2) is 0 Å². The summed E-state index contributed by atoms with van der Waals surface area (Å²) in [7, 11) is 1.44. The molecule has 3 heteroatoms. The fourth-order valence-corrected chi connectivity index (χ4v) is 2.34. The maximum atomic E-state index is 11.5. The molecule has 0 heterocycles. The van der Waals surface area contributed by atoms with E-state index in [-0.39, 0.29) is 11.9 Å². The average Bonchev–Trinajstić information content (AvgIpc) is 2.59. The molecule has 0 spiro atoms. The van der Waals surface area contributed by atoms with Gasteiger partial charge in [0.2, 0.25) is 0 Å². The number of rotatable bonds is 1. The number of fused-ring (bicyclic) bond motifs is 1. The van der Waals surface area contributed by atoms with E-state index in [1.165, 1.54) is 12.7 Å². The Morgan fingerprint density at radius 1 is 1.57 bits per heavy atom. The molecular weight excluding hydrogens is 244 g/mol. The molecule has 14 heavy (non-hydrogen) atoms. The van der Waals surface area contributed by atoms with Crippen molar-refractivity contribution in [1.82, 2.24) is 0 Å². The average molecular weight is 255 g/mol. The van der Waals surface area contributed by atoms with Crippen LogP contribution in [0.2, 0.25) is 0 Å². The number of methoxy groups -OCH3 is 1. The first-order valence-corrected chi connectivity index (χ1v) is 5.38. The summed E-state index contributed by atoms with van der Waals surface area (Å²) in [4.78, 5) is 11.5. The summed E-state index contributed by atoms with van der Waals surface area (Å²) in [5.41, 5.74) is 2.38. The Hall–Kier alpha value is -0.830. The molecule has 1 aliphatic carbocycles. The highest BCUT2D eigenvalue weighted by atomic mass is 79.9. The third-order valence-corrected chi connectivity index (χ3v) is 3.16. The van der Waals surface area contributed by atoms with Crippen molar-refractivity contribution >= 4 is 21.9 Å². The third-order valence-electron chi connectivity index (χ3n) is 2.67. The second kappa shape index (κ2) is 3.73. The Morgan fingerprint density at radius 2 is 2.36 bits per heavy atom. The summed E-state index contributed by atoms with van der Waals surface area (Å²) >= 11 is 3.41. The van der Waals surface area contributed by atoms with Crippen LogP contribution in [0.25, 0.3) is 0 Å². The molecule has 0 unspecified atom stereocenters. The van der Waals surface area contributed by atoms with Crippen LogP contribution in [0, 0.1) is 0 Å². The number of esters is 1. The Morgan fingerprint density at radius 3 is 3.07 bits per heavy atom. The van der Waals surface area contributed by atoms with Gasteiger partial charge in [-0.05, 0) is 36.1 Å². The number of carbonyl (C=O) groups is 1. The van der Waals surface area contributed by atoms with Gasteiger partial charge in [-0.3, -0.25) is 4.79 Å².